The van der Waals surface area contributed by atoms with Gasteiger partial charge in [0, 0.05) is 24.7 Å². The van der Waals surface area contributed by atoms with Crippen LogP contribution in [-0.4, -0.2) is 59.2 Å². The van der Waals surface area contributed by atoms with Gasteiger partial charge < -0.3 is 15.4 Å². The summed E-state index contributed by atoms with van der Waals surface area (Å²) in [6.45, 7) is 14.1. The zero-order chi connectivity index (χ0) is 20.1. The molecule has 4 amide bonds. The first-order chi connectivity index (χ1) is 11.8. The van der Waals surface area contributed by atoms with Crippen LogP contribution in [-0.2, 0) is 9.53 Å². The number of alkyl carbamates (subject to hydrolysis) is 1. The van der Waals surface area contributed by atoms with Gasteiger partial charge in [0.05, 0.1) is 6.04 Å². The Morgan fingerprint density at radius 1 is 1.04 bits per heavy atom. The minimum Gasteiger partial charge on any atom is -0.444 e. The van der Waals surface area contributed by atoms with Gasteiger partial charge in [0.1, 0.15) is 5.60 Å². The highest BCUT2D eigenvalue weighted by molar-refractivity contribution is 5.97. The fourth-order valence-electron chi connectivity index (χ4n) is 2.66. The van der Waals surface area contributed by atoms with Crippen LogP contribution in [0.5, 0.6) is 0 Å². The van der Waals surface area contributed by atoms with E-state index in [0.29, 0.717) is 13.1 Å². The first-order valence-electron chi connectivity index (χ1n) is 9.13. The molecule has 0 aromatic carbocycles. The zero-order valence-corrected chi connectivity index (χ0v) is 17.1. The predicted molar refractivity (Wildman–Crippen MR) is 99.9 cm³/mol. The highest BCUT2D eigenvalue weighted by atomic mass is 16.6. The molecule has 0 bridgehead atoms. The normalized spacial score (nSPS) is 18.0. The lowest BCUT2D eigenvalue weighted by Gasteiger charge is -2.35. The number of urea groups is 1. The number of hydrogen-bond donors (Lipinski definition) is 3. The van der Waals surface area contributed by atoms with E-state index in [4.69, 9.17) is 4.74 Å². The summed E-state index contributed by atoms with van der Waals surface area (Å²) in [5.74, 6) is -0.328. The molecule has 1 unspecified atom stereocenters. The summed E-state index contributed by atoms with van der Waals surface area (Å²) in [6, 6.07) is -0.875. The molecule has 1 rings (SSSR count). The van der Waals surface area contributed by atoms with Crippen molar-refractivity contribution >= 4 is 18.0 Å². The molecule has 3 N–H and O–H groups in total. The molecule has 1 aliphatic rings. The summed E-state index contributed by atoms with van der Waals surface area (Å²) < 4.78 is 5.26. The van der Waals surface area contributed by atoms with E-state index in [1.165, 1.54) is 0 Å². The molecule has 0 aromatic rings. The van der Waals surface area contributed by atoms with E-state index in [0.717, 1.165) is 12.8 Å². The van der Waals surface area contributed by atoms with Crippen molar-refractivity contribution in [3.05, 3.63) is 0 Å². The van der Waals surface area contributed by atoms with Gasteiger partial charge in [-0.05, 0) is 61.3 Å². The van der Waals surface area contributed by atoms with Crippen molar-refractivity contribution < 1.29 is 19.1 Å². The number of ether oxygens (including phenoxy) is 1. The number of carbonyl (C=O) groups is 3. The van der Waals surface area contributed by atoms with Crippen molar-refractivity contribution in [2.24, 2.45) is 0 Å². The third-order valence-electron chi connectivity index (χ3n) is 3.90. The van der Waals surface area contributed by atoms with Crippen LogP contribution in [0.3, 0.4) is 0 Å². The second-order valence-electron chi connectivity index (χ2n) is 8.83. The second kappa shape index (κ2) is 8.70. The topological polar surface area (TPSA) is 99.8 Å². The van der Waals surface area contributed by atoms with Crippen LogP contribution in [0.25, 0.3) is 0 Å². The van der Waals surface area contributed by atoms with Gasteiger partial charge >= 0.3 is 12.1 Å². The van der Waals surface area contributed by atoms with E-state index < -0.39 is 29.3 Å². The fraction of sp³-hybridized carbons (Fsp3) is 0.833. The van der Waals surface area contributed by atoms with Gasteiger partial charge in [-0.25, -0.2) is 9.59 Å². The van der Waals surface area contributed by atoms with Gasteiger partial charge in [-0.15, -0.1) is 0 Å². The SMILES string of the molecule is CC(C(=O)NC(=O)NC(C)(C)C)N1CCC(NC(=O)OC(C)(C)C)CC1. The number of nitrogens with one attached hydrogen (secondary N) is 3. The number of likely N-dealkylation sites (tertiary alicyclic amines) is 1. The van der Waals surface area contributed by atoms with Crippen molar-refractivity contribution in [1.82, 2.24) is 20.9 Å². The van der Waals surface area contributed by atoms with Crippen molar-refractivity contribution in [1.29, 1.82) is 0 Å². The maximum atomic E-state index is 12.3. The lowest BCUT2D eigenvalue weighted by molar-refractivity contribution is -0.125. The Labute approximate surface area is 156 Å². The van der Waals surface area contributed by atoms with E-state index in [1.807, 2.05) is 46.4 Å². The molecule has 1 fully saturated rings. The molecule has 0 aromatic heterocycles. The number of amides is 4. The predicted octanol–water partition coefficient (Wildman–Crippen LogP) is 1.99. The molecule has 0 radical (unpaired) electrons. The molecule has 1 heterocycles. The van der Waals surface area contributed by atoms with Crippen molar-refractivity contribution in [3.63, 3.8) is 0 Å². The Balaban J connectivity index is 2.41. The smallest absolute Gasteiger partial charge is 0.407 e. The van der Waals surface area contributed by atoms with Crippen molar-refractivity contribution in [2.45, 2.75) is 84.5 Å². The Kier molecular flexibility index (Phi) is 7.44. The Hall–Kier alpha value is -1.83. The quantitative estimate of drug-likeness (QED) is 0.705. The summed E-state index contributed by atoms with van der Waals surface area (Å²) in [5, 5.41) is 7.96. The molecular formula is C18H34N4O4. The summed E-state index contributed by atoms with van der Waals surface area (Å²) in [7, 11) is 0. The first-order valence-corrected chi connectivity index (χ1v) is 9.13. The molecule has 8 nitrogen and oxygen atoms in total. The van der Waals surface area contributed by atoms with Gasteiger partial charge in [0.15, 0.2) is 0 Å². The molecule has 150 valence electrons. The molecule has 26 heavy (non-hydrogen) atoms. The zero-order valence-electron chi connectivity index (χ0n) is 17.1. The highest BCUT2D eigenvalue weighted by Crippen LogP contribution is 2.15. The van der Waals surface area contributed by atoms with Crippen LogP contribution in [0.2, 0.25) is 0 Å². The molecule has 1 aliphatic heterocycles. The molecule has 8 heteroatoms. The maximum absolute atomic E-state index is 12.3. The molecule has 1 saturated heterocycles. The number of piperidine rings is 1. The van der Waals surface area contributed by atoms with E-state index >= 15 is 0 Å². The molecule has 0 aliphatic carbocycles. The van der Waals surface area contributed by atoms with Crippen LogP contribution >= 0.6 is 0 Å². The average molecular weight is 370 g/mol. The number of hydrogen-bond acceptors (Lipinski definition) is 5. The van der Waals surface area contributed by atoms with Crippen LogP contribution < -0.4 is 16.0 Å². The third kappa shape index (κ3) is 8.51. The first kappa shape index (κ1) is 22.2. The van der Waals surface area contributed by atoms with E-state index in [2.05, 4.69) is 16.0 Å². The van der Waals surface area contributed by atoms with E-state index in [9.17, 15) is 14.4 Å². The van der Waals surface area contributed by atoms with Crippen LogP contribution in [0.1, 0.15) is 61.3 Å². The van der Waals surface area contributed by atoms with Gasteiger partial charge in [0.2, 0.25) is 5.91 Å². The average Bonchev–Trinajstić information content (AvgIpc) is 2.43. The lowest BCUT2D eigenvalue weighted by atomic mass is 10.0. The van der Waals surface area contributed by atoms with Gasteiger partial charge in [-0.2, -0.15) is 0 Å². The number of imide groups is 1. The highest BCUT2D eigenvalue weighted by Gasteiger charge is 2.29. The summed E-state index contributed by atoms with van der Waals surface area (Å²) >= 11 is 0. The van der Waals surface area contributed by atoms with Crippen molar-refractivity contribution in [3.8, 4) is 0 Å². The summed E-state index contributed by atoms with van der Waals surface area (Å²) in [5.41, 5.74) is -0.926. The third-order valence-corrected chi connectivity index (χ3v) is 3.90. The van der Waals surface area contributed by atoms with Crippen LogP contribution in [0.4, 0.5) is 9.59 Å². The molecule has 0 spiro atoms. The minimum atomic E-state index is -0.523. The summed E-state index contributed by atoms with van der Waals surface area (Å²) in [6.07, 6.45) is 1.04. The lowest BCUT2D eigenvalue weighted by Crippen LogP contribution is -2.55. The Morgan fingerprint density at radius 2 is 1.58 bits per heavy atom. The molecule has 0 saturated carbocycles. The maximum Gasteiger partial charge on any atom is 0.407 e. The largest absolute Gasteiger partial charge is 0.444 e. The summed E-state index contributed by atoms with van der Waals surface area (Å²) in [4.78, 5) is 37.9. The van der Waals surface area contributed by atoms with Gasteiger partial charge in [-0.1, -0.05) is 0 Å². The second-order valence-corrected chi connectivity index (χ2v) is 8.83. The van der Waals surface area contributed by atoms with E-state index in [-0.39, 0.29) is 11.9 Å². The van der Waals surface area contributed by atoms with Crippen LogP contribution in [0.15, 0.2) is 0 Å². The molecule has 1 atom stereocenters. The van der Waals surface area contributed by atoms with Crippen molar-refractivity contribution in [2.75, 3.05) is 13.1 Å². The van der Waals surface area contributed by atoms with Crippen LogP contribution in [0, 0.1) is 0 Å². The molecular weight excluding hydrogens is 336 g/mol. The number of nitrogens with zero attached hydrogens (tertiary/aromatic N) is 1. The Morgan fingerprint density at radius 3 is 2.04 bits per heavy atom. The monoisotopic (exact) mass is 370 g/mol. The fourth-order valence-corrected chi connectivity index (χ4v) is 2.66. The standard InChI is InChI=1S/C18H34N4O4/c1-12(14(23)20-15(24)21-17(2,3)4)22-10-8-13(9-11-22)19-16(25)26-18(5,6)7/h12-13H,8-11H2,1-7H3,(H,19,25)(H2,20,21,23,24). The Bertz CT molecular complexity index is 514. The van der Waals surface area contributed by atoms with Gasteiger partial charge in [0.25, 0.3) is 0 Å². The number of rotatable bonds is 3. The van der Waals surface area contributed by atoms with E-state index in [1.54, 1.807) is 6.92 Å². The number of carbonyl (C=O) groups excluding carboxylic acids is 3. The minimum absolute atomic E-state index is 0.0283. The van der Waals surface area contributed by atoms with Gasteiger partial charge in [-0.3, -0.25) is 15.0 Å².